The van der Waals surface area contributed by atoms with Gasteiger partial charge in [0.2, 0.25) is 0 Å². The Kier molecular flexibility index (Phi) is 7.61. The minimum Gasteiger partial charge on any atom is -0.385 e. The molecule has 4 rings (SSSR count). The normalized spacial score (nSPS) is 15.3. The molecule has 0 atom stereocenters. The smallest absolute Gasteiger partial charge is 0.270 e. The van der Waals surface area contributed by atoms with E-state index in [0.717, 1.165) is 15.6 Å². The molecule has 1 aliphatic heterocycles. The Balaban J connectivity index is 1.52. The number of hydrogen-bond acceptors (Lipinski definition) is 5. The van der Waals surface area contributed by atoms with Crippen LogP contribution in [0.25, 0.3) is 6.08 Å². The van der Waals surface area contributed by atoms with Gasteiger partial charge in [-0.2, -0.15) is 0 Å². The summed E-state index contributed by atoms with van der Waals surface area (Å²) in [4.78, 5) is 38.3. The van der Waals surface area contributed by atoms with Crippen LogP contribution in [-0.2, 0) is 10.4 Å². The monoisotopic (exact) mass is 549 g/mol. The maximum atomic E-state index is 13.5. The van der Waals surface area contributed by atoms with Gasteiger partial charge in [-0.1, -0.05) is 58.4 Å². The number of nitro benzene ring substituents is 1. The number of amides is 2. The van der Waals surface area contributed by atoms with Crippen molar-refractivity contribution in [2.45, 2.75) is 18.4 Å². The van der Waals surface area contributed by atoms with Crippen molar-refractivity contribution >= 4 is 39.5 Å². The van der Waals surface area contributed by atoms with Crippen LogP contribution in [0, 0.1) is 10.1 Å². The number of piperidine rings is 1. The van der Waals surface area contributed by atoms with Crippen molar-refractivity contribution in [1.82, 2.24) is 10.2 Å². The number of rotatable bonds is 6. The molecule has 0 aromatic heterocycles. The molecule has 3 aromatic carbocycles. The summed E-state index contributed by atoms with van der Waals surface area (Å²) in [5, 5.41) is 24.8. The van der Waals surface area contributed by atoms with Crippen molar-refractivity contribution in [2.75, 3.05) is 13.1 Å². The highest BCUT2D eigenvalue weighted by Crippen LogP contribution is 2.33. The van der Waals surface area contributed by atoms with Gasteiger partial charge < -0.3 is 15.3 Å². The maximum absolute atomic E-state index is 13.5. The van der Waals surface area contributed by atoms with E-state index in [4.69, 9.17) is 0 Å². The number of aliphatic hydroxyl groups is 1. The highest BCUT2D eigenvalue weighted by Gasteiger charge is 2.36. The van der Waals surface area contributed by atoms with Crippen LogP contribution in [0.3, 0.4) is 0 Å². The van der Waals surface area contributed by atoms with Crippen molar-refractivity contribution in [2.24, 2.45) is 0 Å². The number of nitrogens with one attached hydrogen (secondary N) is 1. The van der Waals surface area contributed by atoms with Crippen molar-refractivity contribution in [3.63, 3.8) is 0 Å². The molecule has 0 spiro atoms. The molecule has 1 saturated heterocycles. The molecule has 1 aliphatic rings. The highest BCUT2D eigenvalue weighted by atomic mass is 79.9. The molecule has 9 heteroatoms. The van der Waals surface area contributed by atoms with E-state index in [0.29, 0.717) is 25.9 Å². The second kappa shape index (κ2) is 10.8. The van der Waals surface area contributed by atoms with Crippen LogP contribution >= 0.6 is 15.9 Å². The van der Waals surface area contributed by atoms with Gasteiger partial charge in [0.25, 0.3) is 17.5 Å². The summed E-state index contributed by atoms with van der Waals surface area (Å²) in [6, 6.07) is 21.8. The topological polar surface area (TPSA) is 113 Å². The van der Waals surface area contributed by atoms with E-state index in [1.165, 1.54) is 24.3 Å². The molecule has 1 fully saturated rings. The summed E-state index contributed by atoms with van der Waals surface area (Å²) in [7, 11) is 0. The number of nitrogens with zero attached hydrogens (tertiary/aromatic N) is 2. The second-order valence-electron chi connectivity index (χ2n) is 8.56. The van der Waals surface area contributed by atoms with Gasteiger partial charge in [0.15, 0.2) is 0 Å². The zero-order valence-corrected chi connectivity index (χ0v) is 20.8. The van der Waals surface area contributed by atoms with E-state index >= 15 is 0 Å². The number of halogens is 1. The van der Waals surface area contributed by atoms with Gasteiger partial charge >= 0.3 is 0 Å². The van der Waals surface area contributed by atoms with Gasteiger partial charge in [0.1, 0.15) is 5.70 Å². The van der Waals surface area contributed by atoms with E-state index < -0.39 is 16.4 Å². The summed E-state index contributed by atoms with van der Waals surface area (Å²) in [5.74, 6) is -0.921. The molecule has 3 aromatic rings. The first-order chi connectivity index (χ1) is 17.2. The fraction of sp³-hybridized carbons (Fsp3) is 0.185. The first kappa shape index (κ1) is 25.3. The average Bonchev–Trinajstić information content (AvgIpc) is 2.89. The van der Waals surface area contributed by atoms with Crippen molar-refractivity contribution in [3.8, 4) is 0 Å². The maximum Gasteiger partial charge on any atom is 0.270 e. The third-order valence-electron chi connectivity index (χ3n) is 6.19. The van der Waals surface area contributed by atoms with Gasteiger partial charge in [-0.25, -0.2) is 0 Å². The molecule has 8 nitrogen and oxygen atoms in total. The zero-order valence-electron chi connectivity index (χ0n) is 19.3. The summed E-state index contributed by atoms with van der Waals surface area (Å²) in [5.41, 5.74) is 0.629. The van der Waals surface area contributed by atoms with Gasteiger partial charge in [0.05, 0.1) is 10.5 Å². The van der Waals surface area contributed by atoms with Gasteiger partial charge in [-0.05, 0) is 54.3 Å². The molecule has 0 radical (unpaired) electrons. The number of likely N-dealkylation sites (tertiary alicyclic amines) is 1. The van der Waals surface area contributed by atoms with Crippen molar-refractivity contribution in [1.29, 1.82) is 0 Å². The van der Waals surface area contributed by atoms with Crippen LogP contribution in [-0.4, -0.2) is 39.8 Å². The minimum absolute atomic E-state index is 0.0821. The Labute approximate surface area is 216 Å². The second-order valence-corrected chi connectivity index (χ2v) is 9.47. The lowest BCUT2D eigenvalue weighted by atomic mass is 9.84. The predicted molar refractivity (Wildman–Crippen MR) is 139 cm³/mol. The molecule has 2 N–H and O–H groups in total. The lowest BCUT2D eigenvalue weighted by Crippen LogP contribution is -2.47. The first-order valence-corrected chi connectivity index (χ1v) is 12.1. The Hall–Kier alpha value is -3.82. The molecule has 2 amide bonds. The Morgan fingerprint density at radius 1 is 0.972 bits per heavy atom. The molecule has 0 bridgehead atoms. The standard InChI is InChI=1S/C27H24BrN3O5/c28-22-10-8-21(9-11-22)27(34)14-16-30(17-15-27)26(33)24(18-19-4-2-1-3-5-19)29-25(32)20-6-12-23(13-7-20)31(35)36/h1-13,18,34H,14-17H2,(H,29,32). The molecular weight excluding hydrogens is 526 g/mol. The van der Waals surface area contributed by atoms with E-state index in [-0.39, 0.29) is 22.9 Å². The quantitative estimate of drug-likeness (QED) is 0.264. The lowest BCUT2D eigenvalue weighted by Gasteiger charge is -2.38. The molecule has 36 heavy (non-hydrogen) atoms. The minimum atomic E-state index is -1.04. The average molecular weight is 550 g/mol. The number of non-ortho nitro benzene ring substituents is 1. The predicted octanol–water partition coefficient (Wildman–Crippen LogP) is 4.64. The summed E-state index contributed by atoms with van der Waals surface area (Å²) >= 11 is 3.40. The number of carbonyl (C=O) groups excluding carboxylic acids is 2. The van der Waals surface area contributed by atoms with Gasteiger partial charge in [-0.15, -0.1) is 0 Å². The molecular formula is C27H24BrN3O5. The number of nitro groups is 1. The summed E-state index contributed by atoms with van der Waals surface area (Å²) < 4.78 is 0.918. The van der Waals surface area contributed by atoms with E-state index in [9.17, 15) is 24.8 Å². The van der Waals surface area contributed by atoms with Crippen LogP contribution in [0.1, 0.15) is 34.3 Å². The summed E-state index contributed by atoms with van der Waals surface area (Å²) in [6.45, 7) is 0.621. The zero-order chi connectivity index (χ0) is 25.7. The van der Waals surface area contributed by atoms with Crippen LogP contribution in [0.2, 0.25) is 0 Å². The number of hydrogen-bond donors (Lipinski definition) is 2. The Bertz CT molecular complexity index is 1280. The van der Waals surface area contributed by atoms with Crippen molar-refractivity contribution < 1.29 is 19.6 Å². The molecule has 1 heterocycles. The number of benzene rings is 3. The Morgan fingerprint density at radius 2 is 1.58 bits per heavy atom. The van der Waals surface area contributed by atoms with Crippen LogP contribution < -0.4 is 5.32 Å². The largest absolute Gasteiger partial charge is 0.385 e. The van der Waals surface area contributed by atoms with Gasteiger partial charge in [0, 0.05) is 35.3 Å². The highest BCUT2D eigenvalue weighted by molar-refractivity contribution is 9.10. The molecule has 184 valence electrons. The van der Waals surface area contributed by atoms with Crippen LogP contribution in [0.15, 0.2) is 89.0 Å². The van der Waals surface area contributed by atoms with E-state index in [1.807, 2.05) is 54.6 Å². The van der Waals surface area contributed by atoms with Crippen molar-refractivity contribution in [3.05, 3.63) is 116 Å². The fourth-order valence-electron chi connectivity index (χ4n) is 4.10. The third-order valence-corrected chi connectivity index (χ3v) is 6.72. The SMILES string of the molecule is O=C(NC(=Cc1ccccc1)C(=O)N1CCC(O)(c2ccc(Br)cc2)CC1)c1ccc([N+](=O)[O-])cc1. The van der Waals surface area contributed by atoms with Gasteiger partial charge in [-0.3, -0.25) is 19.7 Å². The fourth-order valence-corrected chi connectivity index (χ4v) is 4.36. The van der Waals surface area contributed by atoms with Crippen LogP contribution in [0.4, 0.5) is 5.69 Å². The molecule has 0 aliphatic carbocycles. The lowest BCUT2D eigenvalue weighted by molar-refractivity contribution is -0.384. The molecule has 0 saturated carbocycles. The molecule has 0 unspecified atom stereocenters. The van der Waals surface area contributed by atoms with Crippen LogP contribution in [0.5, 0.6) is 0 Å². The van der Waals surface area contributed by atoms with E-state index in [2.05, 4.69) is 21.2 Å². The summed E-state index contributed by atoms with van der Waals surface area (Å²) in [6.07, 6.45) is 2.31. The number of carbonyl (C=O) groups is 2. The Morgan fingerprint density at radius 3 is 2.17 bits per heavy atom. The first-order valence-electron chi connectivity index (χ1n) is 11.4. The third kappa shape index (κ3) is 5.87. The van der Waals surface area contributed by atoms with E-state index in [1.54, 1.807) is 11.0 Å².